The van der Waals surface area contributed by atoms with Gasteiger partial charge in [-0.2, -0.15) is 5.01 Å². The van der Waals surface area contributed by atoms with Gasteiger partial charge in [-0.3, -0.25) is 0 Å². The van der Waals surface area contributed by atoms with Crippen LogP contribution in [0.15, 0.2) is 42.5 Å². The van der Waals surface area contributed by atoms with E-state index in [-0.39, 0.29) is 23.5 Å². The molecule has 0 aromatic heterocycles. The summed E-state index contributed by atoms with van der Waals surface area (Å²) in [4.78, 5) is 0. The van der Waals surface area contributed by atoms with Gasteiger partial charge in [-0.25, -0.2) is 16.3 Å². The third kappa shape index (κ3) is 4.66. The van der Waals surface area contributed by atoms with E-state index in [4.69, 9.17) is 9.47 Å². The first-order valence-corrected chi connectivity index (χ1v) is 9.33. The van der Waals surface area contributed by atoms with Gasteiger partial charge in [0, 0.05) is 12.1 Å². The van der Waals surface area contributed by atoms with Crippen LogP contribution in [0.4, 0.5) is 0 Å². The number of phenolic OH excluding ortho intramolecular Hbond substituents is 1. The van der Waals surface area contributed by atoms with Crippen molar-refractivity contribution in [3.8, 4) is 17.2 Å². The number of benzene rings is 2. The van der Waals surface area contributed by atoms with Crippen LogP contribution < -0.4 is 25.8 Å². The summed E-state index contributed by atoms with van der Waals surface area (Å²) in [6, 6.07) is 13.4. The molecule has 4 N–H and O–H groups in total. The monoisotopic (exact) mass is 390 g/mol. The maximum atomic E-state index is 10.3. The number of methoxy groups -OCH3 is 1. The van der Waals surface area contributed by atoms with Crippen molar-refractivity contribution in [3.05, 3.63) is 53.6 Å². The number of aromatic hydroxyl groups is 1. The molecule has 0 amide bonds. The third-order valence-electron chi connectivity index (χ3n) is 4.19. The molecule has 3 rings (SSSR count). The van der Waals surface area contributed by atoms with Crippen molar-refractivity contribution in [3.63, 3.8) is 0 Å². The van der Waals surface area contributed by atoms with E-state index in [0.717, 1.165) is 16.9 Å². The Morgan fingerprint density at radius 2 is 2.00 bits per heavy atom. The Kier molecular flexibility index (Phi) is 6.46. The maximum Gasteiger partial charge on any atom is 0.162 e. The second-order valence-corrected chi connectivity index (χ2v) is 7.00. The van der Waals surface area contributed by atoms with Crippen LogP contribution in [0.1, 0.15) is 31.1 Å². The second-order valence-electron chi connectivity index (χ2n) is 6.51. The van der Waals surface area contributed by atoms with Gasteiger partial charge in [-0.05, 0) is 37.6 Å². The molecule has 1 heterocycles. The van der Waals surface area contributed by atoms with Gasteiger partial charge in [-0.1, -0.05) is 24.3 Å². The van der Waals surface area contributed by atoms with Gasteiger partial charge in [-0.15, -0.1) is 12.6 Å². The van der Waals surface area contributed by atoms with Crippen molar-refractivity contribution in [2.45, 2.75) is 38.2 Å². The van der Waals surface area contributed by atoms with Crippen LogP contribution in [0, 0.1) is 0 Å². The van der Waals surface area contributed by atoms with Crippen LogP contribution >= 0.6 is 12.6 Å². The first-order valence-electron chi connectivity index (χ1n) is 8.82. The summed E-state index contributed by atoms with van der Waals surface area (Å²) >= 11 is 4.56. The summed E-state index contributed by atoms with van der Waals surface area (Å²) in [5.74, 6) is 1.40. The lowest BCUT2D eigenvalue weighted by Crippen LogP contribution is -2.42. The predicted octanol–water partition coefficient (Wildman–Crippen LogP) is 2.51. The summed E-state index contributed by atoms with van der Waals surface area (Å²) in [5.41, 5.74) is 11.2. The normalized spacial score (nSPS) is 20.2. The van der Waals surface area contributed by atoms with Crippen LogP contribution in [0.2, 0.25) is 0 Å². The molecular formula is C19H26N4O3S. The molecule has 1 aliphatic rings. The number of para-hydroxylation sites is 1. The fraction of sp³-hybridized carbons (Fsp3) is 0.368. The lowest BCUT2D eigenvalue weighted by molar-refractivity contribution is 0.143. The minimum absolute atomic E-state index is 0.109. The highest BCUT2D eigenvalue weighted by molar-refractivity contribution is 7.80. The second kappa shape index (κ2) is 8.81. The average molecular weight is 391 g/mol. The zero-order valence-corrected chi connectivity index (χ0v) is 16.5. The van der Waals surface area contributed by atoms with E-state index in [1.807, 2.05) is 55.3 Å². The molecule has 1 aliphatic heterocycles. The van der Waals surface area contributed by atoms with E-state index in [1.165, 1.54) is 7.11 Å². The first kappa shape index (κ1) is 19.8. The zero-order chi connectivity index (χ0) is 19.4. The molecule has 27 heavy (non-hydrogen) atoms. The van der Waals surface area contributed by atoms with Gasteiger partial charge >= 0.3 is 0 Å². The summed E-state index contributed by atoms with van der Waals surface area (Å²) in [6.07, 6.45) is -0.0474. The third-order valence-corrected chi connectivity index (χ3v) is 4.57. The number of rotatable bonds is 7. The topological polar surface area (TPSA) is 78.0 Å². The minimum atomic E-state index is -0.252. The Bertz CT molecular complexity index is 774. The molecule has 0 saturated carbocycles. The summed E-state index contributed by atoms with van der Waals surface area (Å²) in [6.45, 7) is 4.42. The van der Waals surface area contributed by atoms with E-state index in [1.54, 1.807) is 6.07 Å². The Morgan fingerprint density at radius 1 is 1.22 bits per heavy atom. The van der Waals surface area contributed by atoms with Gasteiger partial charge in [0.1, 0.15) is 17.4 Å². The molecule has 1 fully saturated rings. The largest absolute Gasteiger partial charge is 0.504 e. The minimum Gasteiger partial charge on any atom is -0.504 e. The maximum absolute atomic E-state index is 10.3. The molecular weight excluding hydrogens is 364 g/mol. The van der Waals surface area contributed by atoms with E-state index in [2.05, 4.69) is 28.9 Å². The molecule has 2 aromatic rings. The molecule has 1 saturated heterocycles. The molecule has 0 radical (unpaired) electrons. The smallest absolute Gasteiger partial charge is 0.162 e. The molecule has 2 aromatic carbocycles. The predicted molar refractivity (Wildman–Crippen MR) is 107 cm³/mol. The van der Waals surface area contributed by atoms with Crippen molar-refractivity contribution in [2.75, 3.05) is 7.11 Å². The number of ether oxygens (including phenoxy) is 2. The molecule has 7 nitrogen and oxygen atoms in total. The van der Waals surface area contributed by atoms with Gasteiger partial charge in [0.05, 0.1) is 13.2 Å². The molecule has 0 unspecified atom stereocenters. The van der Waals surface area contributed by atoms with E-state index < -0.39 is 0 Å². The highest BCUT2D eigenvalue weighted by Crippen LogP contribution is 2.30. The zero-order valence-electron chi connectivity index (χ0n) is 15.6. The summed E-state index contributed by atoms with van der Waals surface area (Å²) in [7, 11) is 1.53. The van der Waals surface area contributed by atoms with Crippen LogP contribution in [-0.4, -0.2) is 28.8 Å². The number of phenols is 1. The molecule has 0 spiro atoms. The molecule has 146 valence electrons. The van der Waals surface area contributed by atoms with Crippen molar-refractivity contribution >= 4 is 12.6 Å². The van der Waals surface area contributed by atoms with Crippen LogP contribution in [-0.2, 0) is 6.54 Å². The first-order chi connectivity index (χ1) is 13.0. The van der Waals surface area contributed by atoms with E-state index >= 15 is 0 Å². The number of hydrogen-bond acceptors (Lipinski definition) is 8. The lowest BCUT2D eigenvalue weighted by Gasteiger charge is -2.27. The number of nitrogens with zero attached hydrogens (tertiary/aromatic N) is 1. The standard InChI is InChI=1S/C19H26N4O3S/c1-12(2)26-15-8-4-6-13(10-15)18-21-22-19(27)23(18)20-11-14-7-5-9-16(25-3)17(14)24/h4-10,12,18-22,24,27H,11H2,1-3H3/t18-,19-/m0/s1. The quantitative estimate of drug-likeness (QED) is 0.465. The fourth-order valence-electron chi connectivity index (χ4n) is 2.94. The highest BCUT2D eigenvalue weighted by atomic mass is 32.1. The number of hydrazine groups is 2. The molecule has 2 atom stereocenters. The van der Waals surface area contributed by atoms with Gasteiger partial charge in [0.2, 0.25) is 0 Å². The average Bonchev–Trinajstić information content (AvgIpc) is 3.01. The number of nitrogens with one attached hydrogen (secondary N) is 3. The van der Waals surface area contributed by atoms with Crippen LogP contribution in [0.3, 0.4) is 0 Å². The van der Waals surface area contributed by atoms with Crippen LogP contribution in [0.25, 0.3) is 0 Å². The van der Waals surface area contributed by atoms with E-state index in [0.29, 0.717) is 12.3 Å². The summed E-state index contributed by atoms with van der Waals surface area (Å²) in [5, 5.41) is 12.2. The lowest BCUT2D eigenvalue weighted by atomic mass is 10.1. The van der Waals surface area contributed by atoms with Gasteiger partial charge in [0.15, 0.2) is 11.5 Å². The van der Waals surface area contributed by atoms with Gasteiger partial charge in [0.25, 0.3) is 0 Å². The molecule has 0 bridgehead atoms. The molecule has 8 heteroatoms. The number of thiol groups is 1. The highest BCUT2D eigenvalue weighted by Gasteiger charge is 2.32. The Morgan fingerprint density at radius 3 is 2.74 bits per heavy atom. The SMILES string of the molecule is COc1cccc(CNN2[C@@H](c3cccc(OC(C)C)c3)NN[C@@H]2S)c1O. The van der Waals surface area contributed by atoms with Crippen molar-refractivity contribution in [1.29, 1.82) is 0 Å². The summed E-state index contributed by atoms with van der Waals surface area (Å²) < 4.78 is 11.0. The fourth-order valence-corrected chi connectivity index (χ4v) is 3.23. The van der Waals surface area contributed by atoms with E-state index in [9.17, 15) is 5.11 Å². The number of hydrogen-bond donors (Lipinski definition) is 5. The van der Waals surface area contributed by atoms with Crippen molar-refractivity contribution in [1.82, 2.24) is 21.3 Å². The van der Waals surface area contributed by atoms with Crippen LogP contribution in [0.5, 0.6) is 17.2 Å². The molecule has 0 aliphatic carbocycles. The van der Waals surface area contributed by atoms with Gasteiger partial charge < -0.3 is 14.6 Å². The van der Waals surface area contributed by atoms with Crippen molar-refractivity contribution < 1.29 is 14.6 Å². The Labute approximate surface area is 165 Å². The Hall–Kier alpha value is -1.97. The van der Waals surface area contributed by atoms with Crippen molar-refractivity contribution in [2.24, 2.45) is 0 Å². The Balaban J connectivity index is 1.74.